The highest BCUT2D eigenvalue weighted by molar-refractivity contribution is 5.90. The van der Waals surface area contributed by atoms with E-state index in [4.69, 9.17) is 9.47 Å². The van der Waals surface area contributed by atoms with Gasteiger partial charge in [-0.05, 0) is 62.1 Å². The van der Waals surface area contributed by atoms with Crippen LogP contribution < -0.4 is 0 Å². The van der Waals surface area contributed by atoms with E-state index in [1.165, 1.54) is 0 Å². The largest absolute Gasteiger partial charge is 0.508 e. The minimum Gasteiger partial charge on any atom is -0.508 e. The Morgan fingerprint density at radius 1 is 0.769 bits per heavy atom. The summed E-state index contributed by atoms with van der Waals surface area (Å²) in [5, 5.41) is 21.2. The predicted molar refractivity (Wildman–Crippen MR) is 149 cm³/mol. The molecule has 2 fully saturated rings. The molecule has 0 aromatic heterocycles. The van der Waals surface area contributed by atoms with Gasteiger partial charge in [0.2, 0.25) is 0 Å². The Morgan fingerprint density at radius 2 is 1.21 bits per heavy atom. The van der Waals surface area contributed by atoms with Crippen molar-refractivity contribution in [2.75, 3.05) is 19.9 Å². The number of hydrogen-bond donors (Lipinski definition) is 2. The molecule has 212 valence electrons. The minimum atomic E-state index is -0.369. The lowest BCUT2D eigenvalue weighted by atomic mass is 9.89. The van der Waals surface area contributed by atoms with E-state index in [-0.39, 0.29) is 23.4 Å². The predicted octanol–water partition coefficient (Wildman–Crippen LogP) is 5.60. The van der Waals surface area contributed by atoms with Crippen LogP contribution in [0.25, 0.3) is 0 Å². The van der Waals surface area contributed by atoms with Gasteiger partial charge in [-0.3, -0.25) is 9.80 Å². The molecule has 0 radical (unpaired) electrons. The highest BCUT2D eigenvalue weighted by atomic mass is 16.5. The molecule has 8 heteroatoms. The second kappa shape index (κ2) is 13.8. The summed E-state index contributed by atoms with van der Waals surface area (Å²) >= 11 is 0. The van der Waals surface area contributed by atoms with Crippen molar-refractivity contribution in [3.8, 4) is 11.5 Å². The summed E-state index contributed by atoms with van der Waals surface area (Å²) in [5.74, 6) is -0.408. The SMILES string of the molecule is CCCCOC(=O)c1ccc(O)c(CN2CN(Cc3cc(C(=O)OCCCC)ccc3O)[C@H]3CCCC[C@@H]32)c1. The molecule has 1 saturated carbocycles. The Hall–Kier alpha value is -3.10. The van der Waals surface area contributed by atoms with Gasteiger partial charge in [-0.2, -0.15) is 0 Å². The number of phenolic OH excluding ortho intramolecular Hbond substituents is 2. The number of hydrogen-bond acceptors (Lipinski definition) is 8. The standard InChI is InChI=1S/C31H42N2O6/c1-3-5-15-38-30(36)22-11-13-28(34)24(17-22)19-32-21-33(27-10-8-7-9-26(27)32)20-25-18-23(12-14-29(25)35)31(37)39-16-6-4-2/h11-14,17-18,26-27,34-35H,3-10,15-16,19-21H2,1-2H3/t26-,27-/m0/s1. The zero-order valence-electron chi connectivity index (χ0n) is 23.2. The molecule has 8 nitrogen and oxygen atoms in total. The normalized spacial score (nSPS) is 19.5. The number of phenols is 2. The van der Waals surface area contributed by atoms with Crippen molar-refractivity contribution in [2.24, 2.45) is 0 Å². The summed E-state index contributed by atoms with van der Waals surface area (Å²) in [6.45, 7) is 6.55. The molecule has 1 aliphatic carbocycles. The number of benzene rings is 2. The molecule has 0 amide bonds. The summed E-state index contributed by atoms with van der Waals surface area (Å²) in [7, 11) is 0. The number of fused-ring (bicyclic) bond motifs is 1. The van der Waals surface area contributed by atoms with Crippen LogP contribution in [0.1, 0.15) is 97.1 Å². The van der Waals surface area contributed by atoms with Gasteiger partial charge in [0.1, 0.15) is 11.5 Å². The average molecular weight is 539 g/mol. The van der Waals surface area contributed by atoms with Crippen molar-refractivity contribution < 1.29 is 29.3 Å². The molecule has 1 heterocycles. The number of rotatable bonds is 12. The molecule has 2 atom stereocenters. The molecular formula is C31H42N2O6. The maximum Gasteiger partial charge on any atom is 0.338 e. The van der Waals surface area contributed by atoms with Crippen molar-refractivity contribution >= 4 is 11.9 Å². The van der Waals surface area contributed by atoms with Crippen LogP contribution in [0.3, 0.4) is 0 Å². The molecule has 1 aliphatic heterocycles. The van der Waals surface area contributed by atoms with Crippen molar-refractivity contribution in [2.45, 2.75) is 90.4 Å². The van der Waals surface area contributed by atoms with E-state index in [9.17, 15) is 19.8 Å². The third-order valence-electron chi connectivity index (χ3n) is 7.83. The van der Waals surface area contributed by atoms with Crippen molar-refractivity contribution in [3.63, 3.8) is 0 Å². The van der Waals surface area contributed by atoms with E-state index in [0.717, 1.165) is 51.4 Å². The zero-order valence-corrected chi connectivity index (χ0v) is 23.2. The topological polar surface area (TPSA) is 99.5 Å². The Kier molecular flexibility index (Phi) is 10.2. The van der Waals surface area contributed by atoms with Gasteiger partial charge in [-0.15, -0.1) is 0 Å². The monoisotopic (exact) mass is 538 g/mol. The van der Waals surface area contributed by atoms with Gasteiger partial charge in [0.25, 0.3) is 0 Å². The Bertz CT molecular complexity index is 1050. The van der Waals surface area contributed by atoms with Gasteiger partial charge >= 0.3 is 11.9 Å². The molecule has 4 rings (SSSR count). The minimum absolute atomic E-state index is 0.165. The van der Waals surface area contributed by atoms with Crippen LogP contribution in [-0.2, 0) is 22.6 Å². The molecule has 0 unspecified atom stereocenters. The zero-order chi connectivity index (χ0) is 27.8. The Balaban J connectivity index is 1.48. The van der Waals surface area contributed by atoms with Crippen LogP contribution in [-0.4, -0.2) is 63.9 Å². The molecule has 39 heavy (non-hydrogen) atoms. The van der Waals surface area contributed by atoms with E-state index in [1.807, 2.05) is 13.8 Å². The highest BCUT2D eigenvalue weighted by Gasteiger charge is 2.41. The van der Waals surface area contributed by atoms with Gasteiger partial charge in [-0.25, -0.2) is 9.59 Å². The maximum absolute atomic E-state index is 12.5. The first kappa shape index (κ1) is 28.9. The molecule has 0 bridgehead atoms. The van der Waals surface area contributed by atoms with Gasteiger partial charge in [0.05, 0.1) is 31.0 Å². The molecule has 2 N–H and O–H groups in total. The van der Waals surface area contributed by atoms with Crippen LogP contribution in [0.2, 0.25) is 0 Å². The summed E-state index contributed by atoms with van der Waals surface area (Å²) in [5.41, 5.74) is 2.29. The van der Waals surface area contributed by atoms with Crippen molar-refractivity contribution in [1.29, 1.82) is 0 Å². The first-order valence-electron chi connectivity index (χ1n) is 14.4. The number of ether oxygens (including phenoxy) is 2. The van der Waals surface area contributed by atoms with E-state index in [1.54, 1.807) is 36.4 Å². The fourth-order valence-corrected chi connectivity index (χ4v) is 5.62. The highest BCUT2D eigenvalue weighted by Crippen LogP contribution is 2.36. The number of carbonyl (C=O) groups is 2. The van der Waals surface area contributed by atoms with E-state index in [2.05, 4.69) is 9.80 Å². The summed E-state index contributed by atoms with van der Waals surface area (Å²) in [4.78, 5) is 29.7. The number of nitrogens with zero attached hydrogens (tertiary/aromatic N) is 2. The first-order chi connectivity index (χ1) is 18.9. The fraction of sp³-hybridized carbons (Fsp3) is 0.548. The Morgan fingerprint density at radius 3 is 1.62 bits per heavy atom. The second-order valence-corrected chi connectivity index (χ2v) is 10.7. The summed E-state index contributed by atoms with van der Waals surface area (Å²) in [6.07, 6.45) is 7.94. The van der Waals surface area contributed by atoms with Gasteiger partial charge in [0.15, 0.2) is 0 Å². The van der Waals surface area contributed by atoms with Crippen LogP contribution >= 0.6 is 0 Å². The van der Waals surface area contributed by atoms with Crippen molar-refractivity contribution in [1.82, 2.24) is 9.80 Å². The summed E-state index contributed by atoms with van der Waals surface area (Å²) < 4.78 is 10.7. The number of aromatic hydroxyl groups is 2. The first-order valence-corrected chi connectivity index (χ1v) is 14.4. The quantitative estimate of drug-likeness (QED) is 0.266. The fourth-order valence-electron chi connectivity index (χ4n) is 5.62. The van der Waals surface area contributed by atoms with Crippen LogP contribution in [0.15, 0.2) is 36.4 Å². The van der Waals surface area contributed by atoms with E-state index < -0.39 is 0 Å². The average Bonchev–Trinajstić information content (AvgIpc) is 3.28. The molecule has 0 spiro atoms. The van der Waals surface area contributed by atoms with E-state index in [0.29, 0.717) is 67.3 Å². The second-order valence-electron chi connectivity index (χ2n) is 10.7. The molecule has 2 aliphatic rings. The lowest BCUT2D eigenvalue weighted by Crippen LogP contribution is -2.39. The van der Waals surface area contributed by atoms with E-state index >= 15 is 0 Å². The maximum atomic E-state index is 12.5. The van der Waals surface area contributed by atoms with Crippen LogP contribution in [0, 0.1) is 0 Å². The molecular weight excluding hydrogens is 496 g/mol. The number of unbranched alkanes of at least 4 members (excludes halogenated alkanes) is 2. The van der Waals surface area contributed by atoms with Gasteiger partial charge in [-0.1, -0.05) is 39.5 Å². The number of carbonyl (C=O) groups excluding carboxylic acids is 2. The smallest absolute Gasteiger partial charge is 0.338 e. The number of esters is 2. The molecule has 2 aromatic carbocycles. The lowest BCUT2D eigenvalue weighted by Gasteiger charge is -2.32. The van der Waals surface area contributed by atoms with Crippen LogP contribution in [0.5, 0.6) is 11.5 Å². The third-order valence-corrected chi connectivity index (χ3v) is 7.83. The van der Waals surface area contributed by atoms with Gasteiger partial charge in [0, 0.05) is 36.3 Å². The third kappa shape index (κ3) is 7.31. The molecule has 2 aromatic rings. The lowest BCUT2D eigenvalue weighted by molar-refractivity contribution is 0.0490. The van der Waals surface area contributed by atoms with Crippen LogP contribution in [0.4, 0.5) is 0 Å². The Labute approximate surface area is 231 Å². The summed E-state index contributed by atoms with van der Waals surface area (Å²) in [6, 6.07) is 10.5. The van der Waals surface area contributed by atoms with Gasteiger partial charge < -0.3 is 19.7 Å². The molecule has 1 saturated heterocycles. The van der Waals surface area contributed by atoms with Crippen molar-refractivity contribution in [3.05, 3.63) is 58.7 Å².